The minimum atomic E-state index is -4.54. The number of phosphoric acid groups is 1. The summed E-state index contributed by atoms with van der Waals surface area (Å²) in [6, 6.07) is 12.4. The molecule has 3 rings (SSSR count). The van der Waals surface area contributed by atoms with Crippen molar-refractivity contribution in [3.05, 3.63) is 77.7 Å². The van der Waals surface area contributed by atoms with Crippen LogP contribution in [0.2, 0.25) is 0 Å². The number of aryl methyl sites for hydroxylation is 1. The lowest BCUT2D eigenvalue weighted by Crippen LogP contribution is -2.07. The van der Waals surface area contributed by atoms with Gasteiger partial charge in [0, 0.05) is 29.9 Å². The summed E-state index contributed by atoms with van der Waals surface area (Å²) < 4.78 is 30.0. The van der Waals surface area contributed by atoms with Crippen molar-refractivity contribution >= 4 is 25.5 Å². The number of phosphoric ester groups is 1. The Balaban J connectivity index is 1.66. The Bertz CT molecular complexity index is 1100. The summed E-state index contributed by atoms with van der Waals surface area (Å²) in [4.78, 5) is 29.7. The van der Waals surface area contributed by atoms with E-state index in [1.165, 1.54) is 18.2 Å². The van der Waals surface area contributed by atoms with Crippen LogP contribution >= 0.6 is 7.82 Å². The molecule has 0 radical (unpaired) electrons. The molecule has 10 heteroatoms. The standard InChI is InChI=1S/C20H19FN3O5P/c1-24-20(15-4-7-17(21)8-5-15)16(12-22-24)6-11-19(25)23-18-9-2-14(3-10-18)13-29-30(26,27)28/h2-12H,13H2,1H3,(H,23,25)(H2,26,27,28). The van der Waals surface area contributed by atoms with Gasteiger partial charge in [0.1, 0.15) is 5.82 Å². The van der Waals surface area contributed by atoms with Crippen molar-refractivity contribution in [2.24, 2.45) is 7.05 Å². The minimum Gasteiger partial charge on any atom is -0.323 e. The molecule has 0 saturated carbocycles. The highest BCUT2D eigenvalue weighted by Gasteiger charge is 2.13. The van der Waals surface area contributed by atoms with Crippen LogP contribution in [0.25, 0.3) is 17.3 Å². The van der Waals surface area contributed by atoms with Crippen molar-refractivity contribution in [2.45, 2.75) is 6.61 Å². The minimum absolute atomic E-state index is 0.244. The highest BCUT2D eigenvalue weighted by molar-refractivity contribution is 7.46. The quantitative estimate of drug-likeness (QED) is 0.390. The van der Waals surface area contributed by atoms with E-state index >= 15 is 0 Å². The second kappa shape index (κ2) is 9.15. The fourth-order valence-electron chi connectivity index (χ4n) is 2.73. The maximum Gasteiger partial charge on any atom is 0.469 e. The van der Waals surface area contributed by atoms with Crippen molar-refractivity contribution in [3.8, 4) is 11.3 Å². The fourth-order valence-corrected chi connectivity index (χ4v) is 3.05. The van der Waals surface area contributed by atoms with Gasteiger partial charge in [-0.3, -0.25) is 14.0 Å². The monoisotopic (exact) mass is 431 g/mol. The first-order valence-corrected chi connectivity index (χ1v) is 10.3. The molecular weight excluding hydrogens is 412 g/mol. The second-order valence-electron chi connectivity index (χ2n) is 6.36. The predicted molar refractivity (Wildman–Crippen MR) is 110 cm³/mol. The van der Waals surface area contributed by atoms with Gasteiger partial charge in [0.25, 0.3) is 0 Å². The van der Waals surface area contributed by atoms with E-state index in [1.54, 1.807) is 60.4 Å². The summed E-state index contributed by atoms with van der Waals surface area (Å²) in [5, 5.41) is 6.88. The lowest BCUT2D eigenvalue weighted by Gasteiger charge is -2.07. The normalized spacial score (nSPS) is 11.7. The first-order chi connectivity index (χ1) is 14.2. The number of aromatic nitrogens is 2. The third-order valence-corrected chi connectivity index (χ3v) is 4.59. The number of nitrogens with zero attached hydrogens (tertiary/aromatic N) is 2. The van der Waals surface area contributed by atoms with Gasteiger partial charge in [-0.25, -0.2) is 8.96 Å². The summed E-state index contributed by atoms with van der Waals surface area (Å²) in [5.74, 6) is -0.708. The summed E-state index contributed by atoms with van der Waals surface area (Å²) >= 11 is 0. The van der Waals surface area contributed by atoms with Gasteiger partial charge in [0.15, 0.2) is 0 Å². The Morgan fingerprint density at radius 1 is 1.20 bits per heavy atom. The van der Waals surface area contributed by atoms with E-state index in [1.807, 2.05) is 0 Å². The molecule has 3 aromatic rings. The largest absolute Gasteiger partial charge is 0.469 e. The summed E-state index contributed by atoms with van der Waals surface area (Å²) in [7, 11) is -2.78. The molecule has 3 N–H and O–H groups in total. The Hall–Kier alpha value is -3.10. The van der Waals surface area contributed by atoms with E-state index in [4.69, 9.17) is 9.79 Å². The number of amides is 1. The average molecular weight is 431 g/mol. The van der Waals surface area contributed by atoms with Gasteiger partial charge in [0.2, 0.25) is 5.91 Å². The van der Waals surface area contributed by atoms with Crippen LogP contribution in [0.5, 0.6) is 0 Å². The second-order valence-corrected chi connectivity index (χ2v) is 7.60. The van der Waals surface area contributed by atoms with Crippen LogP contribution in [-0.2, 0) is 27.5 Å². The number of hydrogen-bond acceptors (Lipinski definition) is 4. The van der Waals surface area contributed by atoms with Gasteiger partial charge >= 0.3 is 7.82 Å². The number of carbonyl (C=O) groups excluding carboxylic acids is 1. The molecule has 1 aromatic heterocycles. The molecule has 0 bridgehead atoms. The molecule has 8 nitrogen and oxygen atoms in total. The van der Waals surface area contributed by atoms with Gasteiger partial charge in [-0.1, -0.05) is 12.1 Å². The Kier molecular flexibility index (Phi) is 6.59. The first kappa shape index (κ1) is 21.6. The van der Waals surface area contributed by atoms with E-state index in [2.05, 4.69) is 14.9 Å². The van der Waals surface area contributed by atoms with Crippen molar-refractivity contribution in [1.82, 2.24) is 9.78 Å². The Morgan fingerprint density at radius 2 is 1.87 bits per heavy atom. The molecule has 1 heterocycles. The number of rotatable bonds is 7. The van der Waals surface area contributed by atoms with Crippen molar-refractivity contribution in [2.75, 3.05) is 5.32 Å². The van der Waals surface area contributed by atoms with Crippen molar-refractivity contribution in [1.29, 1.82) is 0 Å². The van der Waals surface area contributed by atoms with Crippen LogP contribution in [-0.4, -0.2) is 25.5 Å². The van der Waals surface area contributed by atoms with Crippen molar-refractivity contribution in [3.63, 3.8) is 0 Å². The Morgan fingerprint density at radius 3 is 2.50 bits per heavy atom. The highest BCUT2D eigenvalue weighted by Crippen LogP contribution is 2.36. The SMILES string of the molecule is Cn1ncc(C=CC(=O)Nc2ccc(COP(=O)(O)O)cc2)c1-c1ccc(F)cc1. The maximum absolute atomic E-state index is 13.2. The van der Waals surface area contributed by atoms with E-state index in [9.17, 15) is 13.8 Å². The van der Waals surface area contributed by atoms with Gasteiger partial charge in [-0.05, 0) is 48.0 Å². The molecule has 0 unspecified atom stereocenters. The summed E-state index contributed by atoms with van der Waals surface area (Å²) in [6.45, 7) is -0.244. The number of nitrogens with one attached hydrogen (secondary N) is 1. The van der Waals surface area contributed by atoms with Crippen LogP contribution in [0, 0.1) is 5.82 Å². The number of benzene rings is 2. The highest BCUT2D eigenvalue weighted by atomic mass is 31.2. The van der Waals surface area contributed by atoms with Gasteiger partial charge in [0.05, 0.1) is 18.5 Å². The van der Waals surface area contributed by atoms with Gasteiger partial charge in [-0.15, -0.1) is 0 Å². The molecule has 0 aliphatic heterocycles. The molecule has 0 spiro atoms. The topological polar surface area (TPSA) is 114 Å². The summed E-state index contributed by atoms with van der Waals surface area (Å²) in [6.07, 6.45) is 4.58. The molecule has 0 atom stereocenters. The van der Waals surface area contributed by atoms with Gasteiger partial charge < -0.3 is 15.1 Å². The smallest absolute Gasteiger partial charge is 0.323 e. The van der Waals surface area contributed by atoms with E-state index in [0.29, 0.717) is 16.8 Å². The van der Waals surface area contributed by atoms with E-state index in [-0.39, 0.29) is 18.3 Å². The molecule has 1 amide bonds. The third kappa shape index (κ3) is 5.95. The average Bonchev–Trinajstić information content (AvgIpc) is 3.06. The number of anilines is 1. The maximum atomic E-state index is 13.2. The zero-order chi connectivity index (χ0) is 21.7. The zero-order valence-electron chi connectivity index (χ0n) is 15.9. The third-order valence-electron chi connectivity index (χ3n) is 4.12. The molecule has 156 valence electrons. The molecular formula is C20H19FN3O5P. The van der Waals surface area contributed by atoms with Gasteiger partial charge in [-0.2, -0.15) is 5.10 Å². The molecule has 0 fully saturated rings. The number of carbonyl (C=O) groups is 1. The molecule has 30 heavy (non-hydrogen) atoms. The number of halogens is 1. The lowest BCUT2D eigenvalue weighted by atomic mass is 10.1. The van der Waals surface area contributed by atoms with Crippen LogP contribution in [0.1, 0.15) is 11.1 Å². The molecule has 0 saturated heterocycles. The predicted octanol–water partition coefficient (Wildman–Crippen LogP) is 3.49. The first-order valence-electron chi connectivity index (χ1n) is 8.77. The zero-order valence-corrected chi connectivity index (χ0v) is 16.8. The number of hydrogen-bond donors (Lipinski definition) is 3. The Labute approximate surface area is 171 Å². The van der Waals surface area contributed by atoms with E-state index < -0.39 is 7.82 Å². The van der Waals surface area contributed by atoms with Crippen LogP contribution in [0.3, 0.4) is 0 Å². The van der Waals surface area contributed by atoms with Crippen LogP contribution in [0.15, 0.2) is 60.8 Å². The van der Waals surface area contributed by atoms with Crippen LogP contribution < -0.4 is 5.32 Å². The fraction of sp³-hybridized carbons (Fsp3) is 0.100. The molecule has 0 aliphatic rings. The van der Waals surface area contributed by atoms with Crippen molar-refractivity contribution < 1.29 is 28.1 Å². The molecule has 2 aromatic carbocycles. The lowest BCUT2D eigenvalue weighted by molar-refractivity contribution is -0.111. The van der Waals surface area contributed by atoms with Crippen LogP contribution in [0.4, 0.5) is 10.1 Å². The summed E-state index contributed by atoms with van der Waals surface area (Å²) in [5.41, 5.74) is 3.27. The molecule has 0 aliphatic carbocycles. The van der Waals surface area contributed by atoms with E-state index in [0.717, 1.165) is 11.3 Å².